The van der Waals surface area contributed by atoms with Crippen molar-refractivity contribution < 1.29 is 85.8 Å². The minimum atomic E-state index is -1.13. The van der Waals surface area contributed by atoms with Gasteiger partial charge in [-0.3, -0.25) is 4.79 Å². The van der Waals surface area contributed by atoms with Gasteiger partial charge in [0.15, 0.2) is 0 Å². The molecule has 19 nitrogen and oxygen atoms in total. The molecular formula is C31H59NO18. The first-order chi connectivity index (χ1) is 24.6. The van der Waals surface area contributed by atoms with Crippen LogP contribution in [0.4, 0.5) is 0 Å². The zero-order valence-electron chi connectivity index (χ0n) is 29.5. The van der Waals surface area contributed by atoms with Gasteiger partial charge in [0.25, 0.3) is 0 Å². The summed E-state index contributed by atoms with van der Waals surface area (Å²) in [6.45, 7) is 9.46. The van der Waals surface area contributed by atoms with E-state index >= 15 is 0 Å². The van der Waals surface area contributed by atoms with Crippen molar-refractivity contribution >= 4 is 17.8 Å². The molecule has 0 aromatic carbocycles. The van der Waals surface area contributed by atoms with Gasteiger partial charge in [-0.15, -0.1) is 0 Å². The van der Waals surface area contributed by atoms with Crippen molar-refractivity contribution in [3.05, 3.63) is 0 Å². The van der Waals surface area contributed by atoms with E-state index in [2.05, 4.69) is 14.8 Å². The normalized spacial score (nSPS) is 11.2. The molecule has 2 N–H and O–H groups in total. The monoisotopic (exact) mass is 733 g/mol. The average molecular weight is 734 g/mol. The van der Waals surface area contributed by atoms with Gasteiger partial charge in [-0.05, 0) is 0 Å². The maximum atomic E-state index is 11.4. The molecule has 0 aromatic heterocycles. The summed E-state index contributed by atoms with van der Waals surface area (Å²) in [5, 5.41) is 11.0. The summed E-state index contributed by atoms with van der Waals surface area (Å²) in [4.78, 5) is 32.5. The molecule has 0 heterocycles. The highest BCUT2D eigenvalue weighted by molar-refractivity contribution is 5.77. The van der Waals surface area contributed by atoms with Crippen LogP contribution in [-0.2, 0) is 80.7 Å². The van der Waals surface area contributed by atoms with Crippen molar-refractivity contribution in [1.82, 2.24) is 5.32 Å². The zero-order chi connectivity index (χ0) is 36.4. The maximum absolute atomic E-state index is 11.4. The standard InChI is InChI=1S/C31H59NO18/c1-37-31(36)28-49-25-24-48-23-22-47-21-20-46-19-18-45-17-16-44-15-14-43-13-12-42-11-10-41-9-8-40-7-6-39-5-4-38-3-2-32-29(33)26-50-27-30(34)35/h2-28H2,1H3,(H,32,33)(H,34,35). The Morgan fingerprint density at radius 1 is 0.380 bits per heavy atom. The van der Waals surface area contributed by atoms with E-state index < -0.39 is 24.5 Å². The lowest BCUT2D eigenvalue weighted by molar-refractivity contribution is -0.146. The molecule has 296 valence electrons. The first-order valence-corrected chi connectivity index (χ1v) is 16.6. The number of esters is 1. The molecule has 0 aliphatic carbocycles. The summed E-state index contributed by atoms with van der Waals surface area (Å²) in [7, 11) is 1.31. The number of nitrogens with one attached hydrogen (secondary N) is 1. The highest BCUT2D eigenvalue weighted by Crippen LogP contribution is 1.88. The Labute approximate surface area is 294 Å². The van der Waals surface area contributed by atoms with E-state index in [0.717, 1.165) is 0 Å². The van der Waals surface area contributed by atoms with Crippen molar-refractivity contribution in [3.8, 4) is 0 Å². The van der Waals surface area contributed by atoms with E-state index in [1.807, 2.05) is 0 Å². The maximum Gasteiger partial charge on any atom is 0.331 e. The van der Waals surface area contributed by atoms with Gasteiger partial charge in [-0.1, -0.05) is 0 Å². The number of carbonyl (C=O) groups is 3. The second kappa shape index (κ2) is 41.3. The number of ether oxygens (including phenoxy) is 14. The number of aliphatic carboxylic acids is 1. The lowest BCUT2D eigenvalue weighted by Crippen LogP contribution is -2.31. The fourth-order valence-corrected chi connectivity index (χ4v) is 3.18. The fourth-order valence-electron chi connectivity index (χ4n) is 3.18. The summed E-state index contributed by atoms with van der Waals surface area (Å²) in [6.07, 6.45) is 0. The van der Waals surface area contributed by atoms with Crippen LogP contribution < -0.4 is 5.32 Å². The van der Waals surface area contributed by atoms with Crippen LogP contribution in [0.3, 0.4) is 0 Å². The molecule has 0 bridgehead atoms. The minimum absolute atomic E-state index is 0.0795. The SMILES string of the molecule is COC(=O)COCCOCCOCCOCCOCCOCCOCCOCCOCCOCCOCCOCCNC(=O)COCC(=O)O. The molecule has 0 saturated heterocycles. The van der Waals surface area contributed by atoms with Crippen LogP contribution in [0.5, 0.6) is 0 Å². The first-order valence-electron chi connectivity index (χ1n) is 16.6. The molecule has 0 aliphatic rings. The smallest absolute Gasteiger partial charge is 0.331 e. The Morgan fingerprint density at radius 2 is 0.660 bits per heavy atom. The topological polar surface area (TPSA) is 213 Å². The molecule has 0 aromatic rings. The van der Waals surface area contributed by atoms with Gasteiger partial charge in [0, 0.05) is 6.54 Å². The molecule has 0 aliphatic heterocycles. The average Bonchev–Trinajstić information content (AvgIpc) is 3.10. The van der Waals surface area contributed by atoms with Crippen LogP contribution in [0.2, 0.25) is 0 Å². The largest absolute Gasteiger partial charge is 0.480 e. The first kappa shape index (κ1) is 47.9. The van der Waals surface area contributed by atoms with Crippen LogP contribution in [-0.4, -0.2) is 208 Å². The van der Waals surface area contributed by atoms with Crippen LogP contribution in [0.15, 0.2) is 0 Å². The van der Waals surface area contributed by atoms with E-state index in [0.29, 0.717) is 159 Å². The van der Waals surface area contributed by atoms with Crippen LogP contribution in [0.1, 0.15) is 0 Å². The molecule has 50 heavy (non-hydrogen) atoms. The fraction of sp³-hybridized carbons (Fsp3) is 0.903. The molecule has 0 rings (SSSR count). The highest BCUT2D eigenvalue weighted by atomic mass is 16.6. The molecule has 0 unspecified atom stereocenters. The lowest BCUT2D eigenvalue weighted by Gasteiger charge is -2.09. The second-order valence-electron chi connectivity index (χ2n) is 9.60. The zero-order valence-corrected chi connectivity index (χ0v) is 29.5. The van der Waals surface area contributed by atoms with E-state index in [1.54, 1.807) is 0 Å². The molecule has 0 spiro atoms. The van der Waals surface area contributed by atoms with Crippen molar-refractivity contribution in [2.75, 3.05) is 185 Å². The Morgan fingerprint density at radius 3 is 0.940 bits per heavy atom. The lowest BCUT2D eigenvalue weighted by atomic mass is 10.6. The Bertz CT molecular complexity index is 750. The third-order valence-corrected chi connectivity index (χ3v) is 5.57. The highest BCUT2D eigenvalue weighted by Gasteiger charge is 2.03. The summed E-state index contributed by atoms with van der Waals surface area (Å²) in [5.74, 6) is -1.95. The summed E-state index contributed by atoms with van der Waals surface area (Å²) < 4.78 is 73.7. The third-order valence-electron chi connectivity index (χ3n) is 5.57. The second-order valence-corrected chi connectivity index (χ2v) is 9.60. The molecule has 0 atom stereocenters. The molecule has 0 radical (unpaired) electrons. The molecular weight excluding hydrogens is 674 g/mol. The van der Waals surface area contributed by atoms with Gasteiger partial charge in [0.2, 0.25) is 5.91 Å². The number of carbonyl (C=O) groups excluding carboxylic acids is 2. The molecule has 1 amide bonds. The predicted octanol–water partition coefficient (Wildman–Crippen LogP) is -1.42. The van der Waals surface area contributed by atoms with Gasteiger partial charge in [-0.2, -0.15) is 0 Å². The summed E-state index contributed by atoms with van der Waals surface area (Å²) >= 11 is 0. The van der Waals surface area contributed by atoms with E-state index in [4.69, 9.17) is 61.9 Å². The Hall–Kier alpha value is -2.11. The van der Waals surface area contributed by atoms with Crippen molar-refractivity contribution in [3.63, 3.8) is 0 Å². The van der Waals surface area contributed by atoms with Crippen LogP contribution >= 0.6 is 0 Å². The number of hydrogen-bond acceptors (Lipinski definition) is 17. The summed E-state index contributed by atoms with van der Waals surface area (Å²) in [6, 6.07) is 0. The van der Waals surface area contributed by atoms with Gasteiger partial charge in [0.1, 0.15) is 19.8 Å². The summed E-state index contributed by atoms with van der Waals surface area (Å²) in [5.41, 5.74) is 0. The Kier molecular flexibility index (Phi) is 39.6. The number of methoxy groups -OCH3 is 1. The third kappa shape index (κ3) is 42.1. The van der Waals surface area contributed by atoms with E-state index in [1.165, 1.54) is 7.11 Å². The van der Waals surface area contributed by atoms with E-state index in [9.17, 15) is 14.4 Å². The quantitative estimate of drug-likeness (QED) is 0.0544. The van der Waals surface area contributed by atoms with Gasteiger partial charge in [-0.25, -0.2) is 9.59 Å². The van der Waals surface area contributed by atoms with Crippen LogP contribution in [0, 0.1) is 0 Å². The predicted molar refractivity (Wildman–Crippen MR) is 173 cm³/mol. The minimum Gasteiger partial charge on any atom is -0.480 e. The number of hydrogen-bond donors (Lipinski definition) is 2. The van der Waals surface area contributed by atoms with Crippen LogP contribution in [0.25, 0.3) is 0 Å². The van der Waals surface area contributed by atoms with E-state index in [-0.39, 0.29) is 13.2 Å². The molecule has 19 heteroatoms. The van der Waals surface area contributed by atoms with Crippen molar-refractivity contribution in [1.29, 1.82) is 0 Å². The van der Waals surface area contributed by atoms with Crippen molar-refractivity contribution in [2.24, 2.45) is 0 Å². The van der Waals surface area contributed by atoms with Gasteiger partial charge >= 0.3 is 11.9 Å². The van der Waals surface area contributed by atoms with Gasteiger partial charge in [0.05, 0.1) is 159 Å². The van der Waals surface area contributed by atoms with Crippen molar-refractivity contribution in [2.45, 2.75) is 0 Å². The molecule has 0 fully saturated rings. The molecule has 0 saturated carbocycles. The Balaban J connectivity index is 3.10. The number of carboxylic acid groups (broad SMARTS) is 1. The number of rotatable bonds is 42. The number of carboxylic acids is 1. The van der Waals surface area contributed by atoms with Gasteiger partial charge < -0.3 is 76.7 Å². The number of amides is 1.